The lowest BCUT2D eigenvalue weighted by molar-refractivity contribution is -0.120. The Morgan fingerprint density at radius 2 is 1.91 bits per heavy atom. The molecule has 128 valence electrons. The van der Waals surface area contributed by atoms with Crippen molar-refractivity contribution < 1.29 is 19.4 Å². The van der Waals surface area contributed by atoms with Crippen LogP contribution in [0.25, 0.3) is 0 Å². The Kier molecular flexibility index (Phi) is 6.88. The first kappa shape index (κ1) is 18.8. The van der Waals surface area contributed by atoms with Crippen LogP contribution >= 0.6 is 0 Å². The van der Waals surface area contributed by atoms with Gasteiger partial charge in [0.15, 0.2) is 0 Å². The number of nitrogens with one attached hydrogen (secondary N) is 1. The van der Waals surface area contributed by atoms with E-state index in [0.29, 0.717) is 25.2 Å². The standard InChI is InChI=1S/C17H26N2O4/c1-5-19(16(22)23-17(2,3)4)11-10-18-15(21)12-13-8-6-7-9-14(13)20/h6-9,20H,5,10-12H2,1-4H3,(H,18,21). The zero-order valence-corrected chi connectivity index (χ0v) is 14.3. The maximum absolute atomic E-state index is 12.0. The summed E-state index contributed by atoms with van der Waals surface area (Å²) in [7, 11) is 0. The molecule has 0 aromatic heterocycles. The molecule has 0 atom stereocenters. The van der Waals surface area contributed by atoms with E-state index in [4.69, 9.17) is 4.74 Å². The van der Waals surface area contributed by atoms with Crippen molar-refractivity contribution in [2.75, 3.05) is 19.6 Å². The molecule has 0 saturated carbocycles. The van der Waals surface area contributed by atoms with Crippen LogP contribution in [0.15, 0.2) is 24.3 Å². The molecule has 2 amide bonds. The summed E-state index contributed by atoms with van der Waals surface area (Å²) in [4.78, 5) is 25.4. The number of ether oxygens (including phenoxy) is 1. The molecule has 6 nitrogen and oxygen atoms in total. The molecule has 0 radical (unpaired) electrons. The van der Waals surface area contributed by atoms with Crippen LogP contribution in [0.4, 0.5) is 4.79 Å². The van der Waals surface area contributed by atoms with Crippen LogP contribution in [0, 0.1) is 0 Å². The van der Waals surface area contributed by atoms with Crippen molar-refractivity contribution in [3.63, 3.8) is 0 Å². The molecule has 0 aliphatic rings. The topological polar surface area (TPSA) is 78.9 Å². The first-order valence-electron chi connectivity index (χ1n) is 7.74. The van der Waals surface area contributed by atoms with Crippen molar-refractivity contribution in [2.45, 2.75) is 39.7 Å². The highest BCUT2D eigenvalue weighted by Crippen LogP contribution is 2.15. The first-order chi connectivity index (χ1) is 10.7. The number of para-hydroxylation sites is 1. The van der Waals surface area contributed by atoms with Gasteiger partial charge in [-0.15, -0.1) is 0 Å². The van der Waals surface area contributed by atoms with Crippen molar-refractivity contribution in [3.8, 4) is 5.75 Å². The molecule has 1 aromatic carbocycles. The summed E-state index contributed by atoms with van der Waals surface area (Å²) in [5.74, 6) is -0.0988. The van der Waals surface area contributed by atoms with Crippen molar-refractivity contribution in [1.29, 1.82) is 0 Å². The molecule has 0 bridgehead atoms. The summed E-state index contributed by atoms with van der Waals surface area (Å²) in [6.45, 7) is 8.50. The van der Waals surface area contributed by atoms with E-state index in [9.17, 15) is 14.7 Å². The number of rotatable bonds is 6. The van der Waals surface area contributed by atoms with Crippen molar-refractivity contribution in [3.05, 3.63) is 29.8 Å². The quantitative estimate of drug-likeness (QED) is 0.842. The van der Waals surface area contributed by atoms with E-state index in [1.54, 1.807) is 24.3 Å². The van der Waals surface area contributed by atoms with Gasteiger partial charge in [-0.2, -0.15) is 0 Å². The zero-order valence-electron chi connectivity index (χ0n) is 14.3. The van der Waals surface area contributed by atoms with Gasteiger partial charge >= 0.3 is 6.09 Å². The van der Waals surface area contributed by atoms with E-state index < -0.39 is 11.7 Å². The molecule has 0 fully saturated rings. The van der Waals surface area contributed by atoms with E-state index >= 15 is 0 Å². The predicted octanol–water partition coefficient (Wildman–Crippen LogP) is 2.31. The van der Waals surface area contributed by atoms with Gasteiger partial charge in [0, 0.05) is 25.2 Å². The number of likely N-dealkylation sites (N-methyl/N-ethyl adjacent to an activating group) is 1. The van der Waals surface area contributed by atoms with Gasteiger partial charge in [-0.25, -0.2) is 4.79 Å². The summed E-state index contributed by atoms with van der Waals surface area (Å²) in [6, 6.07) is 6.72. The number of benzene rings is 1. The Bertz CT molecular complexity index is 538. The minimum absolute atomic E-state index is 0.102. The second-order valence-electron chi connectivity index (χ2n) is 6.22. The summed E-state index contributed by atoms with van der Waals surface area (Å²) >= 11 is 0. The molecule has 0 aliphatic heterocycles. The number of hydrogen-bond acceptors (Lipinski definition) is 4. The van der Waals surface area contributed by atoms with Crippen molar-refractivity contribution >= 4 is 12.0 Å². The Morgan fingerprint density at radius 3 is 2.48 bits per heavy atom. The maximum Gasteiger partial charge on any atom is 0.410 e. The third-order valence-corrected chi connectivity index (χ3v) is 3.08. The van der Waals surface area contributed by atoms with Crippen LogP contribution < -0.4 is 5.32 Å². The van der Waals surface area contributed by atoms with Gasteiger partial charge in [-0.3, -0.25) is 4.79 Å². The Labute approximate surface area is 137 Å². The number of carbonyl (C=O) groups is 2. The minimum atomic E-state index is -0.543. The first-order valence-corrected chi connectivity index (χ1v) is 7.74. The molecule has 6 heteroatoms. The normalized spacial score (nSPS) is 11.0. The fourth-order valence-corrected chi connectivity index (χ4v) is 1.93. The highest BCUT2D eigenvalue weighted by atomic mass is 16.6. The van der Waals surface area contributed by atoms with Gasteiger partial charge in [0.25, 0.3) is 0 Å². The fraction of sp³-hybridized carbons (Fsp3) is 0.529. The van der Waals surface area contributed by atoms with Gasteiger partial charge < -0.3 is 20.1 Å². The molecule has 0 heterocycles. The average molecular weight is 322 g/mol. The summed E-state index contributed by atoms with van der Waals surface area (Å²) in [5.41, 5.74) is 0.0305. The highest BCUT2D eigenvalue weighted by Gasteiger charge is 2.20. The van der Waals surface area contributed by atoms with E-state index in [2.05, 4.69) is 5.32 Å². The van der Waals surface area contributed by atoms with Crippen LogP contribution in [-0.2, 0) is 16.0 Å². The fourth-order valence-electron chi connectivity index (χ4n) is 1.93. The molecule has 1 aromatic rings. The van der Waals surface area contributed by atoms with Crippen LogP contribution in [0.3, 0.4) is 0 Å². The van der Waals surface area contributed by atoms with Gasteiger partial charge in [-0.1, -0.05) is 18.2 Å². The second-order valence-corrected chi connectivity index (χ2v) is 6.22. The molecule has 23 heavy (non-hydrogen) atoms. The predicted molar refractivity (Wildman–Crippen MR) is 88.3 cm³/mol. The molecule has 1 rings (SSSR count). The highest BCUT2D eigenvalue weighted by molar-refractivity contribution is 5.79. The van der Waals surface area contributed by atoms with Crippen LogP contribution in [0.1, 0.15) is 33.3 Å². The van der Waals surface area contributed by atoms with Gasteiger partial charge in [0.1, 0.15) is 11.4 Å². The number of phenols is 1. The average Bonchev–Trinajstić information content (AvgIpc) is 2.44. The van der Waals surface area contributed by atoms with Gasteiger partial charge in [0.05, 0.1) is 6.42 Å². The van der Waals surface area contributed by atoms with E-state index in [1.165, 1.54) is 4.90 Å². The van der Waals surface area contributed by atoms with Crippen molar-refractivity contribution in [2.24, 2.45) is 0 Å². The molecular weight excluding hydrogens is 296 g/mol. The van der Waals surface area contributed by atoms with E-state index in [-0.39, 0.29) is 18.1 Å². The molecule has 0 spiro atoms. The molecule has 0 aliphatic carbocycles. The van der Waals surface area contributed by atoms with Crippen LogP contribution in [0.2, 0.25) is 0 Å². The number of carbonyl (C=O) groups excluding carboxylic acids is 2. The van der Waals surface area contributed by atoms with Crippen LogP contribution in [0.5, 0.6) is 5.75 Å². The third kappa shape index (κ3) is 7.04. The Morgan fingerprint density at radius 1 is 1.26 bits per heavy atom. The smallest absolute Gasteiger partial charge is 0.410 e. The molecular formula is C17H26N2O4. The Hall–Kier alpha value is -2.24. The lowest BCUT2D eigenvalue weighted by Gasteiger charge is -2.26. The monoisotopic (exact) mass is 322 g/mol. The number of amides is 2. The number of phenolic OH excluding ortho intramolecular Hbond substituents is 1. The lowest BCUT2D eigenvalue weighted by Crippen LogP contribution is -2.41. The summed E-state index contributed by atoms with van der Waals surface area (Å²) in [5, 5.41) is 12.4. The summed E-state index contributed by atoms with van der Waals surface area (Å²) in [6.07, 6.45) is -0.291. The Balaban J connectivity index is 2.41. The van der Waals surface area contributed by atoms with Gasteiger partial charge in [0.2, 0.25) is 5.91 Å². The van der Waals surface area contributed by atoms with Gasteiger partial charge in [-0.05, 0) is 33.8 Å². The molecule has 0 saturated heterocycles. The largest absolute Gasteiger partial charge is 0.508 e. The van der Waals surface area contributed by atoms with Crippen molar-refractivity contribution in [1.82, 2.24) is 10.2 Å². The lowest BCUT2D eigenvalue weighted by atomic mass is 10.1. The van der Waals surface area contributed by atoms with E-state index in [1.807, 2.05) is 27.7 Å². The van der Waals surface area contributed by atoms with Crippen LogP contribution in [-0.4, -0.2) is 47.2 Å². The number of hydrogen-bond donors (Lipinski definition) is 2. The third-order valence-electron chi connectivity index (χ3n) is 3.08. The minimum Gasteiger partial charge on any atom is -0.508 e. The zero-order chi connectivity index (χ0) is 17.5. The number of aromatic hydroxyl groups is 1. The maximum atomic E-state index is 12.0. The summed E-state index contributed by atoms with van der Waals surface area (Å²) < 4.78 is 5.30. The number of nitrogens with zero attached hydrogens (tertiary/aromatic N) is 1. The van der Waals surface area contributed by atoms with E-state index in [0.717, 1.165) is 0 Å². The molecule has 2 N–H and O–H groups in total. The second kappa shape index (κ2) is 8.41. The SMILES string of the molecule is CCN(CCNC(=O)Cc1ccccc1O)C(=O)OC(C)(C)C. The molecule has 0 unspecified atom stereocenters.